The molecule has 1 fully saturated rings. The average Bonchev–Trinajstić information content (AvgIpc) is 2.73. The van der Waals surface area contributed by atoms with Gasteiger partial charge in [-0.3, -0.25) is 14.5 Å². The molecule has 5 nitrogen and oxygen atoms in total. The van der Waals surface area contributed by atoms with Crippen LogP contribution in [-0.4, -0.2) is 42.1 Å². The van der Waals surface area contributed by atoms with Gasteiger partial charge in [-0.1, -0.05) is 11.8 Å². The maximum absolute atomic E-state index is 12.2. The number of carbonyl (C=O) groups excluding carboxylic acids is 2. The zero-order valence-corrected chi connectivity index (χ0v) is 14.4. The monoisotopic (exact) mass is 373 g/mol. The van der Waals surface area contributed by atoms with E-state index in [0.717, 1.165) is 21.8 Å². The predicted octanol–water partition coefficient (Wildman–Crippen LogP) is 3.09. The fraction of sp³-hybridized carbons (Fsp3) is 0.429. The molecular weight excluding hydrogens is 358 g/mol. The first-order valence-electron chi connectivity index (χ1n) is 6.44. The molecule has 0 radical (unpaired) electrons. The van der Waals surface area contributed by atoms with Crippen molar-refractivity contribution in [3.63, 3.8) is 0 Å². The summed E-state index contributed by atoms with van der Waals surface area (Å²) in [5, 5.41) is -0.578. The van der Waals surface area contributed by atoms with Crippen molar-refractivity contribution in [1.29, 1.82) is 0 Å². The summed E-state index contributed by atoms with van der Waals surface area (Å²) in [6.07, 6.45) is 0.442. The normalized spacial score (nSPS) is 18.3. The SMILES string of the molecule is CCN1C(=O)S[C@H](Cc2cc(Br)c(OC)cc2OC)C1=O. The van der Waals surface area contributed by atoms with E-state index in [1.807, 2.05) is 6.07 Å². The van der Waals surface area contributed by atoms with Crippen LogP contribution in [0.1, 0.15) is 12.5 Å². The van der Waals surface area contributed by atoms with Crippen LogP contribution in [0.3, 0.4) is 0 Å². The van der Waals surface area contributed by atoms with Crippen molar-refractivity contribution in [2.45, 2.75) is 18.6 Å². The van der Waals surface area contributed by atoms with Crippen LogP contribution in [0.2, 0.25) is 0 Å². The van der Waals surface area contributed by atoms with Crippen molar-refractivity contribution in [3.8, 4) is 11.5 Å². The van der Waals surface area contributed by atoms with Gasteiger partial charge in [-0.05, 0) is 40.9 Å². The lowest BCUT2D eigenvalue weighted by Crippen LogP contribution is -2.31. The maximum Gasteiger partial charge on any atom is 0.289 e. The Morgan fingerprint density at radius 3 is 2.43 bits per heavy atom. The van der Waals surface area contributed by atoms with Crippen molar-refractivity contribution < 1.29 is 19.1 Å². The van der Waals surface area contributed by atoms with Crippen LogP contribution in [0, 0.1) is 0 Å². The highest BCUT2D eigenvalue weighted by Crippen LogP contribution is 2.36. The van der Waals surface area contributed by atoms with E-state index >= 15 is 0 Å². The molecule has 0 aromatic heterocycles. The predicted molar refractivity (Wildman–Crippen MR) is 85.1 cm³/mol. The Hall–Kier alpha value is -1.21. The molecule has 114 valence electrons. The molecule has 0 saturated carbocycles. The fourth-order valence-corrected chi connectivity index (χ4v) is 3.83. The van der Waals surface area contributed by atoms with Crippen LogP contribution in [0.15, 0.2) is 16.6 Å². The van der Waals surface area contributed by atoms with E-state index in [-0.39, 0.29) is 11.1 Å². The smallest absolute Gasteiger partial charge is 0.289 e. The molecule has 1 heterocycles. The van der Waals surface area contributed by atoms with E-state index in [1.165, 1.54) is 4.90 Å². The number of amides is 2. The second kappa shape index (κ2) is 6.70. The van der Waals surface area contributed by atoms with Crippen LogP contribution in [0.25, 0.3) is 0 Å². The number of imide groups is 1. The highest BCUT2D eigenvalue weighted by molar-refractivity contribution is 9.10. The third kappa shape index (κ3) is 3.18. The van der Waals surface area contributed by atoms with Crippen LogP contribution >= 0.6 is 27.7 Å². The molecule has 1 saturated heterocycles. The number of nitrogens with zero attached hydrogens (tertiary/aromatic N) is 1. The minimum Gasteiger partial charge on any atom is -0.496 e. The van der Waals surface area contributed by atoms with Crippen molar-refractivity contribution in [2.75, 3.05) is 20.8 Å². The first-order valence-corrected chi connectivity index (χ1v) is 8.11. The molecule has 2 rings (SSSR count). The molecule has 0 bridgehead atoms. The van der Waals surface area contributed by atoms with Gasteiger partial charge in [-0.15, -0.1) is 0 Å². The van der Waals surface area contributed by atoms with Gasteiger partial charge >= 0.3 is 0 Å². The summed E-state index contributed by atoms with van der Waals surface area (Å²) in [5.41, 5.74) is 0.863. The quantitative estimate of drug-likeness (QED) is 0.793. The molecular formula is C14H16BrNO4S. The number of carbonyl (C=O) groups is 2. The summed E-state index contributed by atoms with van der Waals surface area (Å²) < 4.78 is 11.4. The Bertz CT molecular complexity index is 578. The number of hydrogen-bond donors (Lipinski definition) is 0. The van der Waals surface area contributed by atoms with Gasteiger partial charge in [0.1, 0.15) is 11.5 Å². The number of hydrogen-bond acceptors (Lipinski definition) is 5. The lowest BCUT2D eigenvalue weighted by atomic mass is 10.1. The topological polar surface area (TPSA) is 55.8 Å². The first kappa shape index (κ1) is 16.2. The lowest BCUT2D eigenvalue weighted by molar-refractivity contribution is -0.126. The van der Waals surface area contributed by atoms with Crippen LogP contribution in [0.5, 0.6) is 11.5 Å². The van der Waals surface area contributed by atoms with E-state index in [4.69, 9.17) is 9.47 Å². The van der Waals surface area contributed by atoms with Crippen LogP contribution in [-0.2, 0) is 11.2 Å². The molecule has 0 aliphatic carbocycles. The summed E-state index contributed by atoms with van der Waals surface area (Å²) in [4.78, 5) is 25.2. The molecule has 1 aromatic rings. The Labute approximate surface area is 136 Å². The zero-order valence-electron chi connectivity index (χ0n) is 12.0. The molecule has 1 aromatic carbocycles. The van der Waals surface area contributed by atoms with E-state index in [2.05, 4.69) is 15.9 Å². The summed E-state index contributed by atoms with van der Waals surface area (Å²) >= 11 is 4.49. The third-order valence-corrected chi connectivity index (χ3v) is 4.98. The Kier molecular flexibility index (Phi) is 5.16. The van der Waals surface area contributed by atoms with Gasteiger partial charge in [0.05, 0.1) is 23.9 Å². The number of halogens is 1. The van der Waals surface area contributed by atoms with E-state index in [9.17, 15) is 9.59 Å². The molecule has 1 atom stereocenters. The molecule has 7 heteroatoms. The second-order valence-electron chi connectivity index (χ2n) is 4.46. The van der Waals surface area contributed by atoms with Gasteiger partial charge in [0.15, 0.2) is 0 Å². The van der Waals surface area contributed by atoms with E-state index in [0.29, 0.717) is 24.5 Å². The standard InChI is InChI=1S/C14H16BrNO4S/c1-4-16-13(17)12(21-14(16)18)6-8-5-9(15)11(20-3)7-10(8)19-2/h5,7,12H,4,6H2,1-3H3/t12-/m1/s1. The molecule has 1 aliphatic rings. The lowest BCUT2D eigenvalue weighted by Gasteiger charge is -2.14. The largest absolute Gasteiger partial charge is 0.496 e. The minimum absolute atomic E-state index is 0.138. The first-order chi connectivity index (χ1) is 10.0. The minimum atomic E-state index is -0.397. The molecule has 0 unspecified atom stereocenters. The zero-order chi connectivity index (χ0) is 15.6. The third-order valence-electron chi connectivity index (χ3n) is 3.28. The van der Waals surface area contributed by atoms with Gasteiger partial charge in [0.25, 0.3) is 5.24 Å². The Morgan fingerprint density at radius 1 is 1.24 bits per heavy atom. The van der Waals surface area contributed by atoms with Crippen molar-refractivity contribution in [2.24, 2.45) is 0 Å². The number of rotatable bonds is 5. The van der Waals surface area contributed by atoms with Crippen molar-refractivity contribution in [3.05, 3.63) is 22.2 Å². The number of benzene rings is 1. The maximum atomic E-state index is 12.2. The fourth-order valence-electron chi connectivity index (χ4n) is 2.20. The molecule has 21 heavy (non-hydrogen) atoms. The van der Waals surface area contributed by atoms with Crippen molar-refractivity contribution >= 4 is 38.8 Å². The van der Waals surface area contributed by atoms with Gasteiger partial charge in [0, 0.05) is 12.6 Å². The second-order valence-corrected chi connectivity index (χ2v) is 6.47. The summed E-state index contributed by atoms with van der Waals surface area (Å²) in [6, 6.07) is 3.63. The van der Waals surface area contributed by atoms with E-state index < -0.39 is 5.25 Å². The summed E-state index contributed by atoms with van der Waals surface area (Å²) in [7, 11) is 3.15. The highest BCUT2D eigenvalue weighted by Gasteiger charge is 2.38. The van der Waals surface area contributed by atoms with Crippen molar-refractivity contribution in [1.82, 2.24) is 4.90 Å². The van der Waals surface area contributed by atoms with Gasteiger partial charge < -0.3 is 9.47 Å². The number of thioether (sulfide) groups is 1. The average molecular weight is 374 g/mol. The number of methoxy groups -OCH3 is 2. The van der Waals surface area contributed by atoms with Gasteiger partial charge in [-0.25, -0.2) is 0 Å². The molecule has 2 amide bonds. The van der Waals surface area contributed by atoms with Gasteiger partial charge in [0.2, 0.25) is 5.91 Å². The Balaban J connectivity index is 2.26. The van der Waals surface area contributed by atoms with Crippen LogP contribution < -0.4 is 9.47 Å². The van der Waals surface area contributed by atoms with Gasteiger partial charge in [-0.2, -0.15) is 0 Å². The number of ether oxygens (including phenoxy) is 2. The Morgan fingerprint density at radius 2 is 1.90 bits per heavy atom. The molecule has 0 N–H and O–H groups in total. The van der Waals surface area contributed by atoms with E-state index in [1.54, 1.807) is 27.2 Å². The van der Waals surface area contributed by atoms with Crippen LogP contribution in [0.4, 0.5) is 4.79 Å². The summed E-state index contributed by atoms with van der Waals surface area (Å²) in [5.74, 6) is 1.17. The summed E-state index contributed by atoms with van der Waals surface area (Å²) in [6.45, 7) is 2.20. The molecule has 0 spiro atoms. The molecule has 1 aliphatic heterocycles. The highest BCUT2D eigenvalue weighted by atomic mass is 79.9.